The minimum Gasteiger partial charge on any atom is -0.340 e. The number of carbonyl (C=O) groups excluding carboxylic acids is 1. The number of rotatable bonds is 4. The van der Waals surface area contributed by atoms with Crippen LogP contribution >= 0.6 is 0 Å². The summed E-state index contributed by atoms with van der Waals surface area (Å²) < 4.78 is 13.3. The molecule has 0 aliphatic carbocycles. The molecule has 0 spiro atoms. The minimum atomic E-state index is -0.169. The van der Waals surface area contributed by atoms with Gasteiger partial charge in [0.05, 0.1) is 0 Å². The summed E-state index contributed by atoms with van der Waals surface area (Å²) >= 11 is 0. The number of carbonyl (C=O) groups is 1. The summed E-state index contributed by atoms with van der Waals surface area (Å²) in [5.41, 5.74) is 1.78. The Hall–Kier alpha value is -1.42. The van der Waals surface area contributed by atoms with Crippen LogP contribution in [0.4, 0.5) is 4.39 Å². The van der Waals surface area contributed by atoms with Crippen LogP contribution < -0.4 is 5.32 Å². The molecule has 0 bridgehead atoms. The number of aryl methyl sites for hydroxylation is 1. The van der Waals surface area contributed by atoms with Crippen molar-refractivity contribution in [1.82, 2.24) is 10.2 Å². The van der Waals surface area contributed by atoms with Crippen molar-refractivity contribution in [2.24, 2.45) is 0 Å². The lowest BCUT2D eigenvalue weighted by Crippen LogP contribution is -2.46. The number of amides is 1. The van der Waals surface area contributed by atoms with Crippen LogP contribution in [0, 0.1) is 12.7 Å². The van der Waals surface area contributed by atoms with Gasteiger partial charge in [-0.05, 0) is 36.5 Å². The van der Waals surface area contributed by atoms with Crippen molar-refractivity contribution in [2.75, 3.05) is 26.2 Å². The molecule has 2 rings (SSSR count). The Morgan fingerprint density at radius 2 is 2.10 bits per heavy atom. The highest BCUT2D eigenvalue weighted by atomic mass is 19.1. The average molecular weight is 278 g/mol. The van der Waals surface area contributed by atoms with Crippen LogP contribution in [-0.4, -0.2) is 37.0 Å². The molecule has 1 atom stereocenters. The SMILES string of the molecule is Cc1cc(C(C)CCC(=O)N2CCNCC2)ccc1F. The minimum absolute atomic E-state index is 0.169. The van der Waals surface area contributed by atoms with E-state index in [-0.39, 0.29) is 17.6 Å². The van der Waals surface area contributed by atoms with Gasteiger partial charge >= 0.3 is 0 Å². The summed E-state index contributed by atoms with van der Waals surface area (Å²) in [5.74, 6) is 0.344. The summed E-state index contributed by atoms with van der Waals surface area (Å²) in [6, 6.07) is 5.22. The highest BCUT2D eigenvalue weighted by Crippen LogP contribution is 2.23. The van der Waals surface area contributed by atoms with Gasteiger partial charge < -0.3 is 10.2 Å². The average Bonchev–Trinajstić information content (AvgIpc) is 2.48. The monoisotopic (exact) mass is 278 g/mol. The molecule has 0 saturated carbocycles. The maximum Gasteiger partial charge on any atom is 0.222 e. The van der Waals surface area contributed by atoms with E-state index in [0.717, 1.165) is 38.2 Å². The zero-order valence-electron chi connectivity index (χ0n) is 12.3. The molecule has 0 aromatic heterocycles. The van der Waals surface area contributed by atoms with E-state index in [0.29, 0.717) is 12.0 Å². The van der Waals surface area contributed by atoms with Crippen LogP contribution in [0.25, 0.3) is 0 Å². The summed E-state index contributed by atoms with van der Waals surface area (Å²) in [6.45, 7) is 7.26. The van der Waals surface area contributed by atoms with Gasteiger partial charge in [0.2, 0.25) is 5.91 Å². The van der Waals surface area contributed by atoms with Gasteiger partial charge in [0.15, 0.2) is 0 Å². The molecule has 1 fully saturated rings. The van der Waals surface area contributed by atoms with Crippen molar-refractivity contribution < 1.29 is 9.18 Å². The highest BCUT2D eigenvalue weighted by molar-refractivity contribution is 5.76. The van der Waals surface area contributed by atoms with E-state index >= 15 is 0 Å². The number of hydrogen-bond donors (Lipinski definition) is 1. The van der Waals surface area contributed by atoms with E-state index in [2.05, 4.69) is 12.2 Å². The maximum absolute atomic E-state index is 13.3. The summed E-state index contributed by atoms with van der Waals surface area (Å²) in [7, 11) is 0. The molecule has 1 saturated heterocycles. The predicted octanol–water partition coefficient (Wildman–Crippen LogP) is 2.45. The Kier molecular flexibility index (Phi) is 5.12. The molecule has 110 valence electrons. The third-order valence-electron chi connectivity index (χ3n) is 4.01. The first-order valence-electron chi connectivity index (χ1n) is 7.32. The van der Waals surface area contributed by atoms with Crippen molar-refractivity contribution in [3.8, 4) is 0 Å². The van der Waals surface area contributed by atoms with E-state index in [1.165, 1.54) is 6.07 Å². The van der Waals surface area contributed by atoms with Crippen LogP contribution in [0.2, 0.25) is 0 Å². The molecule has 1 aliphatic heterocycles. The van der Waals surface area contributed by atoms with Gasteiger partial charge in [-0.2, -0.15) is 0 Å². The Labute approximate surface area is 120 Å². The van der Waals surface area contributed by atoms with Crippen LogP contribution in [0.15, 0.2) is 18.2 Å². The van der Waals surface area contributed by atoms with Crippen molar-refractivity contribution in [1.29, 1.82) is 0 Å². The van der Waals surface area contributed by atoms with Crippen molar-refractivity contribution in [2.45, 2.75) is 32.6 Å². The lowest BCUT2D eigenvalue weighted by molar-refractivity contribution is -0.131. The molecular weight excluding hydrogens is 255 g/mol. The molecule has 1 aromatic rings. The number of piperazine rings is 1. The first-order valence-corrected chi connectivity index (χ1v) is 7.32. The van der Waals surface area contributed by atoms with Crippen LogP contribution in [0.3, 0.4) is 0 Å². The predicted molar refractivity (Wildman–Crippen MR) is 78.2 cm³/mol. The van der Waals surface area contributed by atoms with Gasteiger partial charge in [0.25, 0.3) is 0 Å². The summed E-state index contributed by atoms with van der Waals surface area (Å²) in [5, 5.41) is 3.24. The second-order valence-corrected chi connectivity index (χ2v) is 5.58. The van der Waals surface area contributed by atoms with Crippen molar-refractivity contribution in [3.05, 3.63) is 35.1 Å². The first kappa shape index (κ1) is 15.0. The molecule has 1 heterocycles. The third kappa shape index (κ3) is 3.79. The molecule has 1 amide bonds. The molecule has 3 nitrogen and oxygen atoms in total. The van der Waals surface area contributed by atoms with E-state index in [9.17, 15) is 9.18 Å². The van der Waals surface area contributed by atoms with Crippen LogP contribution in [0.1, 0.15) is 36.8 Å². The fourth-order valence-corrected chi connectivity index (χ4v) is 2.55. The van der Waals surface area contributed by atoms with Gasteiger partial charge in [-0.3, -0.25) is 4.79 Å². The molecule has 1 N–H and O–H groups in total. The fourth-order valence-electron chi connectivity index (χ4n) is 2.55. The summed E-state index contributed by atoms with van der Waals surface area (Å²) in [4.78, 5) is 14.0. The van der Waals surface area contributed by atoms with Crippen LogP contribution in [-0.2, 0) is 4.79 Å². The Morgan fingerprint density at radius 1 is 1.40 bits per heavy atom. The highest BCUT2D eigenvalue weighted by Gasteiger charge is 2.17. The number of hydrogen-bond acceptors (Lipinski definition) is 2. The molecule has 4 heteroatoms. The quantitative estimate of drug-likeness (QED) is 0.917. The topological polar surface area (TPSA) is 32.3 Å². The zero-order chi connectivity index (χ0) is 14.5. The number of nitrogens with one attached hydrogen (secondary N) is 1. The fraction of sp³-hybridized carbons (Fsp3) is 0.562. The smallest absolute Gasteiger partial charge is 0.222 e. The van der Waals surface area contributed by atoms with E-state index < -0.39 is 0 Å². The van der Waals surface area contributed by atoms with Gasteiger partial charge in [0, 0.05) is 32.6 Å². The van der Waals surface area contributed by atoms with E-state index in [1.807, 2.05) is 17.0 Å². The second-order valence-electron chi connectivity index (χ2n) is 5.58. The molecule has 20 heavy (non-hydrogen) atoms. The molecule has 0 radical (unpaired) electrons. The number of benzene rings is 1. The van der Waals surface area contributed by atoms with Crippen molar-refractivity contribution >= 4 is 5.91 Å². The molecule has 1 aromatic carbocycles. The normalized spacial score (nSPS) is 17.1. The largest absolute Gasteiger partial charge is 0.340 e. The van der Waals surface area contributed by atoms with E-state index in [4.69, 9.17) is 0 Å². The van der Waals surface area contributed by atoms with E-state index in [1.54, 1.807) is 6.92 Å². The molecular formula is C16H23FN2O. The Morgan fingerprint density at radius 3 is 2.75 bits per heavy atom. The van der Waals surface area contributed by atoms with Gasteiger partial charge in [0.1, 0.15) is 5.82 Å². The van der Waals surface area contributed by atoms with Crippen molar-refractivity contribution in [3.63, 3.8) is 0 Å². The lowest BCUT2D eigenvalue weighted by atomic mass is 9.94. The van der Waals surface area contributed by atoms with Gasteiger partial charge in [-0.1, -0.05) is 19.1 Å². The van der Waals surface area contributed by atoms with Crippen LogP contribution in [0.5, 0.6) is 0 Å². The third-order valence-corrected chi connectivity index (χ3v) is 4.01. The summed E-state index contributed by atoms with van der Waals surface area (Å²) in [6.07, 6.45) is 1.38. The Bertz CT molecular complexity index is 470. The maximum atomic E-state index is 13.3. The Balaban J connectivity index is 1.86. The number of halogens is 1. The molecule has 1 unspecified atom stereocenters. The zero-order valence-corrected chi connectivity index (χ0v) is 12.3. The van der Waals surface area contributed by atoms with Gasteiger partial charge in [-0.25, -0.2) is 4.39 Å². The second kappa shape index (κ2) is 6.84. The molecule has 1 aliphatic rings. The standard InChI is InChI=1S/C16H23FN2O/c1-12(14-4-5-15(17)13(2)11-14)3-6-16(20)19-9-7-18-8-10-19/h4-5,11-12,18H,3,6-10H2,1-2H3. The lowest BCUT2D eigenvalue weighted by Gasteiger charge is -2.28. The number of nitrogens with zero attached hydrogens (tertiary/aromatic N) is 1. The van der Waals surface area contributed by atoms with Gasteiger partial charge in [-0.15, -0.1) is 0 Å². The first-order chi connectivity index (χ1) is 9.58.